The molecule has 4 nitrogen and oxygen atoms in total. The Morgan fingerprint density at radius 2 is 1.70 bits per heavy atom. The van der Waals surface area contributed by atoms with E-state index in [2.05, 4.69) is 4.90 Å². The highest BCUT2D eigenvalue weighted by Gasteiger charge is 2.42. The molecule has 3 heterocycles. The van der Waals surface area contributed by atoms with E-state index in [1.807, 2.05) is 12.1 Å². The van der Waals surface area contributed by atoms with E-state index in [1.165, 1.54) is 22.7 Å². The topological polar surface area (TPSA) is 43.8 Å². The molecule has 3 atom stereocenters. The van der Waals surface area contributed by atoms with Crippen LogP contribution < -0.4 is 4.90 Å². The number of amides is 1. The molecule has 8 heteroatoms. The van der Waals surface area contributed by atoms with Crippen molar-refractivity contribution in [1.82, 2.24) is 4.90 Å². The predicted octanol–water partition coefficient (Wildman–Crippen LogP) is 4.82. The number of carbonyl (C=O) groups is 1. The van der Waals surface area contributed by atoms with Gasteiger partial charge in [0.25, 0.3) is 0 Å². The van der Waals surface area contributed by atoms with E-state index in [0.29, 0.717) is 23.4 Å². The molecule has 2 fully saturated rings. The number of carbonyl (C=O) groups excluding carboxylic acids is 1. The summed E-state index contributed by atoms with van der Waals surface area (Å²) in [5, 5.41) is 10.0. The van der Waals surface area contributed by atoms with Gasteiger partial charge in [-0.25, -0.2) is 0 Å². The number of alkyl halides is 3. The van der Waals surface area contributed by atoms with Gasteiger partial charge in [-0.15, -0.1) is 0 Å². The Labute approximate surface area is 176 Å². The Morgan fingerprint density at radius 3 is 2.40 bits per heavy atom. The summed E-state index contributed by atoms with van der Waals surface area (Å²) in [5.41, 5.74) is 0.131. The molecule has 0 spiro atoms. The van der Waals surface area contributed by atoms with Crippen LogP contribution in [0.3, 0.4) is 0 Å². The van der Waals surface area contributed by atoms with Gasteiger partial charge in [0.1, 0.15) is 0 Å². The second-order valence-electron chi connectivity index (χ2n) is 8.16. The number of rotatable bonds is 2. The van der Waals surface area contributed by atoms with Gasteiger partial charge in [0.15, 0.2) is 0 Å². The van der Waals surface area contributed by atoms with Gasteiger partial charge in [-0.1, -0.05) is 23.9 Å². The molecule has 2 saturated heterocycles. The average Bonchev–Trinajstić information content (AvgIpc) is 2.93. The van der Waals surface area contributed by atoms with Gasteiger partial charge in [-0.3, -0.25) is 14.6 Å². The minimum atomic E-state index is -4.48. The zero-order valence-corrected chi connectivity index (χ0v) is 16.9. The molecule has 1 amide bonds. The lowest BCUT2D eigenvalue weighted by molar-refractivity contribution is -0.137. The second kappa shape index (κ2) is 7.28. The first-order chi connectivity index (χ1) is 14.3. The van der Waals surface area contributed by atoms with Crippen LogP contribution in [0.25, 0.3) is 0 Å². The Balaban J connectivity index is 1.52. The Bertz CT molecular complexity index is 983. The lowest BCUT2D eigenvalue weighted by atomic mass is 10.00. The smallest absolute Gasteiger partial charge is 0.393 e. The van der Waals surface area contributed by atoms with Crippen LogP contribution in [0, 0.1) is 0 Å². The number of piperidine rings is 1. The zero-order valence-electron chi connectivity index (χ0n) is 16.1. The van der Waals surface area contributed by atoms with Crippen LogP contribution in [0.2, 0.25) is 0 Å². The van der Waals surface area contributed by atoms with Crippen molar-refractivity contribution in [3.05, 3.63) is 48.0 Å². The summed E-state index contributed by atoms with van der Waals surface area (Å²) in [6.07, 6.45) is -1.65. The number of para-hydroxylation sites is 1. The molecule has 158 valence electrons. The highest BCUT2D eigenvalue weighted by atomic mass is 32.2. The monoisotopic (exact) mass is 434 g/mol. The number of nitrogens with zero attached hydrogens (tertiary/aromatic N) is 2. The van der Waals surface area contributed by atoms with Gasteiger partial charge in [-0.2, -0.15) is 13.2 Å². The van der Waals surface area contributed by atoms with Crippen molar-refractivity contribution < 1.29 is 23.1 Å². The fourth-order valence-electron chi connectivity index (χ4n) is 4.93. The maximum absolute atomic E-state index is 13.5. The van der Waals surface area contributed by atoms with Crippen molar-refractivity contribution >= 4 is 29.0 Å². The summed E-state index contributed by atoms with van der Waals surface area (Å²) >= 11 is 1.37. The molecule has 2 aromatic rings. The number of benzene rings is 2. The molecule has 3 aliphatic heterocycles. The van der Waals surface area contributed by atoms with E-state index < -0.39 is 11.7 Å². The first kappa shape index (κ1) is 19.9. The van der Waals surface area contributed by atoms with Crippen molar-refractivity contribution in [3.8, 4) is 0 Å². The Morgan fingerprint density at radius 1 is 1.03 bits per heavy atom. The number of hydrogen-bond donors (Lipinski definition) is 1. The van der Waals surface area contributed by atoms with E-state index in [9.17, 15) is 23.1 Å². The Kier molecular flexibility index (Phi) is 4.83. The molecule has 3 aliphatic rings. The summed E-state index contributed by atoms with van der Waals surface area (Å²) < 4.78 is 40.1. The number of hydrogen-bond acceptors (Lipinski definition) is 4. The van der Waals surface area contributed by atoms with Gasteiger partial charge in [0.05, 0.1) is 29.6 Å². The highest BCUT2D eigenvalue weighted by molar-refractivity contribution is 7.99. The fraction of sp³-hybridized carbons (Fsp3) is 0.409. The summed E-state index contributed by atoms with van der Waals surface area (Å²) in [6.45, 7) is 0.136. The quantitative estimate of drug-likeness (QED) is 0.736. The Hall–Kier alpha value is -2.03. The third-order valence-electron chi connectivity index (χ3n) is 6.28. The minimum absolute atomic E-state index is 0.136. The van der Waals surface area contributed by atoms with E-state index >= 15 is 0 Å². The number of fused-ring (bicyclic) bond motifs is 4. The van der Waals surface area contributed by atoms with Crippen LogP contribution in [0.15, 0.2) is 52.3 Å². The summed E-state index contributed by atoms with van der Waals surface area (Å²) in [7, 11) is 0. The first-order valence-corrected chi connectivity index (χ1v) is 10.9. The number of halogens is 3. The van der Waals surface area contributed by atoms with Crippen molar-refractivity contribution in [3.63, 3.8) is 0 Å². The van der Waals surface area contributed by atoms with E-state index in [0.717, 1.165) is 29.9 Å². The normalized spacial score (nSPS) is 25.7. The maximum Gasteiger partial charge on any atom is 0.416 e. The van der Waals surface area contributed by atoms with E-state index in [1.54, 1.807) is 12.1 Å². The lowest BCUT2D eigenvalue weighted by Gasteiger charge is -2.39. The van der Waals surface area contributed by atoms with Crippen LogP contribution in [0.4, 0.5) is 24.5 Å². The minimum Gasteiger partial charge on any atom is -0.393 e. The van der Waals surface area contributed by atoms with Crippen molar-refractivity contribution in [1.29, 1.82) is 0 Å². The molecule has 1 N–H and O–H groups in total. The molecular formula is C22H21F3N2O2S. The van der Waals surface area contributed by atoms with Gasteiger partial charge in [0, 0.05) is 21.9 Å². The zero-order chi connectivity index (χ0) is 21.0. The third kappa shape index (κ3) is 3.40. The summed E-state index contributed by atoms with van der Waals surface area (Å²) in [4.78, 5) is 18.5. The maximum atomic E-state index is 13.5. The third-order valence-corrected chi connectivity index (χ3v) is 7.41. The van der Waals surface area contributed by atoms with Gasteiger partial charge in [0.2, 0.25) is 5.91 Å². The largest absolute Gasteiger partial charge is 0.416 e. The molecule has 0 saturated carbocycles. The molecule has 5 rings (SSSR count). The van der Waals surface area contributed by atoms with Crippen LogP contribution in [-0.2, 0) is 11.0 Å². The standard InChI is InChI=1S/C22H21F3N2O2S/c23-22(24,25)13-5-8-20-18(9-13)27(17-3-1-2-4-19(17)30-20)21(29)12-26-14-6-7-15(26)11-16(28)10-14/h1-5,8-9,14-16,28H,6-7,10-12H2/t14-,15+,16?. The molecule has 2 aromatic carbocycles. The number of aliphatic hydroxyl groups is 1. The molecule has 30 heavy (non-hydrogen) atoms. The van der Waals surface area contributed by atoms with Crippen LogP contribution in [-0.4, -0.2) is 40.6 Å². The lowest BCUT2D eigenvalue weighted by Crippen LogP contribution is -2.49. The predicted molar refractivity (Wildman–Crippen MR) is 108 cm³/mol. The van der Waals surface area contributed by atoms with E-state index in [4.69, 9.17) is 0 Å². The molecular weight excluding hydrogens is 413 g/mol. The van der Waals surface area contributed by atoms with Gasteiger partial charge < -0.3 is 5.11 Å². The van der Waals surface area contributed by atoms with Gasteiger partial charge in [-0.05, 0) is 56.0 Å². The van der Waals surface area contributed by atoms with Crippen LogP contribution in [0.5, 0.6) is 0 Å². The van der Waals surface area contributed by atoms with Crippen LogP contribution in [0.1, 0.15) is 31.2 Å². The second-order valence-corrected chi connectivity index (χ2v) is 9.25. The summed E-state index contributed by atoms with van der Waals surface area (Å²) in [6, 6.07) is 11.2. The molecule has 0 aromatic heterocycles. The molecule has 0 radical (unpaired) electrons. The van der Waals surface area contributed by atoms with Gasteiger partial charge >= 0.3 is 6.18 Å². The first-order valence-electron chi connectivity index (χ1n) is 10.1. The van der Waals surface area contributed by atoms with Crippen molar-refractivity contribution in [2.45, 2.75) is 59.8 Å². The fourth-order valence-corrected chi connectivity index (χ4v) is 5.97. The van der Waals surface area contributed by atoms with Crippen molar-refractivity contribution in [2.24, 2.45) is 0 Å². The van der Waals surface area contributed by atoms with Crippen molar-refractivity contribution in [2.75, 3.05) is 11.4 Å². The SMILES string of the molecule is O=C(CN1[C@@H]2CC[C@H]1CC(O)C2)N1c2ccccc2Sc2ccc(C(F)(F)F)cc21. The van der Waals surface area contributed by atoms with Crippen LogP contribution >= 0.6 is 11.8 Å². The number of aliphatic hydroxyl groups excluding tert-OH is 1. The average molecular weight is 434 g/mol. The number of anilines is 2. The molecule has 0 aliphatic carbocycles. The molecule has 2 bridgehead atoms. The molecule has 1 unspecified atom stereocenters. The van der Waals surface area contributed by atoms with E-state index in [-0.39, 0.29) is 36.3 Å². The highest BCUT2D eigenvalue weighted by Crippen LogP contribution is 2.49. The summed E-state index contributed by atoms with van der Waals surface area (Å²) in [5.74, 6) is -0.239.